The highest BCUT2D eigenvalue weighted by molar-refractivity contribution is 8.18. The van der Waals surface area contributed by atoms with Gasteiger partial charge in [-0.2, -0.15) is 0 Å². The van der Waals surface area contributed by atoms with Crippen LogP contribution in [0.3, 0.4) is 0 Å². The fourth-order valence-corrected chi connectivity index (χ4v) is 7.62. The standard InChI is InChI=1S/C16H18O2S2/c1-10-12-13(15(17)18-10)14(12)16(19-8-5-9-20-16)11-6-3-2-4-7-11/h2-4,6-7,10,12-14H,5,8-9H2,1H3/t10?,12-,13+,14+/m1/s1. The molecular weight excluding hydrogens is 288 g/mol. The molecule has 3 aliphatic rings. The summed E-state index contributed by atoms with van der Waals surface area (Å²) in [4.78, 5) is 12.0. The molecule has 2 aliphatic heterocycles. The lowest BCUT2D eigenvalue weighted by atomic mass is 10.0. The summed E-state index contributed by atoms with van der Waals surface area (Å²) in [6.07, 6.45) is 1.37. The summed E-state index contributed by atoms with van der Waals surface area (Å²) in [5.41, 5.74) is 1.38. The number of fused-ring (bicyclic) bond motifs is 1. The van der Waals surface area contributed by atoms with Gasteiger partial charge in [-0.05, 0) is 30.4 Å². The van der Waals surface area contributed by atoms with Crippen LogP contribution in [0.4, 0.5) is 0 Å². The van der Waals surface area contributed by atoms with Crippen molar-refractivity contribution < 1.29 is 9.53 Å². The molecule has 0 amide bonds. The molecule has 106 valence electrons. The molecule has 4 heteroatoms. The van der Waals surface area contributed by atoms with E-state index in [9.17, 15) is 4.79 Å². The molecule has 1 unspecified atom stereocenters. The van der Waals surface area contributed by atoms with Gasteiger partial charge in [-0.15, -0.1) is 23.5 Å². The average Bonchev–Trinajstić information content (AvgIpc) is 3.18. The lowest BCUT2D eigenvalue weighted by Crippen LogP contribution is -2.30. The molecule has 0 aromatic heterocycles. The molecule has 1 aromatic carbocycles. The fourth-order valence-electron chi connectivity index (χ4n) is 3.82. The van der Waals surface area contributed by atoms with Gasteiger partial charge in [0.1, 0.15) is 6.10 Å². The van der Waals surface area contributed by atoms with Crippen LogP contribution in [0.1, 0.15) is 18.9 Å². The lowest BCUT2D eigenvalue weighted by molar-refractivity contribution is -0.145. The van der Waals surface area contributed by atoms with E-state index in [2.05, 4.69) is 60.8 Å². The monoisotopic (exact) mass is 306 g/mol. The number of thioether (sulfide) groups is 2. The van der Waals surface area contributed by atoms with Crippen LogP contribution < -0.4 is 0 Å². The average molecular weight is 306 g/mol. The van der Waals surface area contributed by atoms with E-state index in [4.69, 9.17) is 4.74 Å². The fraction of sp³-hybridized carbons (Fsp3) is 0.562. The van der Waals surface area contributed by atoms with Crippen LogP contribution in [0.25, 0.3) is 0 Å². The van der Waals surface area contributed by atoms with E-state index in [0.29, 0.717) is 11.8 Å². The van der Waals surface area contributed by atoms with Gasteiger partial charge in [0.25, 0.3) is 0 Å². The van der Waals surface area contributed by atoms with Crippen molar-refractivity contribution in [2.45, 2.75) is 23.5 Å². The molecule has 0 bridgehead atoms. The number of cyclic esters (lactones) is 1. The Morgan fingerprint density at radius 1 is 1.20 bits per heavy atom. The first-order valence-electron chi connectivity index (χ1n) is 7.28. The maximum Gasteiger partial charge on any atom is 0.310 e. The predicted octanol–water partition coefficient (Wildman–Crippen LogP) is 3.52. The molecule has 2 nitrogen and oxygen atoms in total. The van der Waals surface area contributed by atoms with Gasteiger partial charge in [0.2, 0.25) is 0 Å². The topological polar surface area (TPSA) is 26.3 Å². The summed E-state index contributed by atoms with van der Waals surface area (Å²) in [7, 11) is 0. The Morgan fingerprint density at radius 2 is 1.90 bits per heavy atom. The van der Waals surface area contributed by atoms with Gasteiger partial charge in [-0.1, -0.05) is 30.3 Å². The van der Waals surface area contributed by atoms with E-state index in [1.165, 1.54) is 23.5 Å². The summed E-state index contributed by atoms with van der Waals surface area (Å²) in [5, 5.41) is 0. The van der Waals surface area contributed by atoms with Gasteiger partial charge >= 0.3 is 5.97 Å². The maximum absolute atomic E-state index is 12.0. The molecule has 2 heterocycles. The van der Waals surface area contributed by atoms with E-state index in [1.807, 2.05) is 0 Å². The van der Waals surface area contributed by atoms with Crippen LogP contribution in [0.5, 0.6) is 0 Å². The normalized spacial score (nSPS) is 38.1. The Kier molecular flexibility index (Phi) is 3.08. The van der Waals surface area contributed by atoms with Crippen molar-refractivity contribution >= 4 is 29.5 Å². The molecule has 4 rings (SSSR count). The molecule has 0 N–H and O–H groups in total. The summed E-state index contributed by atoms with van der Waals surface area (Å²) in [6.45, 7) is 2.05. The van der Waals surface area contributed by atoms with Crippen LogP contribution in [0, 0.1) is 17.8 Å². The Bertz CT molecular complexity index is 525. The van der Waals surface area contributed by atoms with Crippen molar-refractivity contribution in [1.82, 2.24) is 0 Å². The van der Waals surface area contributed by atoms with Crippen LogP contribution in [0.2, 0.25) is 0 Å². The van der Waals surface area contributed by atoms with Gasteiger partial charge in [0, 0.05) is 11.8 Å². The van der Waals surface area contributed by atoms with Crippen molar-refractivity contribution in [3.8, 4) is 0 Å². The smallest absolute Gasteiger partial charge is 0.310 e. The second kappa shape index (κ2) is 4.70. The molecule has 1 aliphatic carbocycles. The molecule has 3 fully saturated rings. The zero-order valence-corrected chi connectivity index (χ0v) is 13.1. The first-order chi connectivity index (χ1) is 9.74. The van der Waals surface area contributed by atoms with Crippen molar-refractivity contribution in [1.29, 1.82) is 0 Å². The van der Waals surface area contributed by atoms with E-state index in [-0.39, 0.29) is 22.1 Å². The second-order valence-electron chi connectivity index (χ2n) is 5.85. The number of rotatable bonds is 2. The van der Waals surface area contributed by atoms with Crippen molar-refractivity contribution in [2.24, 2.45) is 17.8 Å². The summed E-state index contributed by atoms with van der Waals surface area (Å²) in [6, 6.07) is 10.8. The van der Waals surface area contributed by atoms with Crippen LogP contribution >= 0.6 is 23.5 Å². The van der Waals surface area contributed by atoms with E-state index in [0.717, 1.165) is 0 Å². The van der Waals surface area contributed by atoms with Gasteiger partial charge in [0.05, 0.1) is 10.00 Å². The molecular formula is C16H18O2S2. The van der Waals surface area contributed by atoms with Crippen LogP contribution in [-0.2, 0) is 13.6 Å². The van der Waals surface area contributed by atoms with Gasteiger partial charge in [-0.3, -0.25) is 4.79 Å². The highest BCUT2D eigenvalue weighted by Crippen LogP contribution is 2.70. The summed E-state index contributed by atoms with van der Waals surface area (Å²) < 4.78 is 5.44. The lowest BCUT2D eigenvalue weighted by Gasteiger charge is -2.38. The number of benzene rings is 1. The number of carbonyl (C=O) groups is 1. The predicted molar refractivity (Wildman–Crippen MR) is 83.7 cm³/mol. The summed E-state index contributed by atoms with van der Waals surface area (Å²) >= 11 is 4.10. The first kappa shape index (κ1) is 13.1. The first-order valence-corrected chi connectivity index (χ1v) is 9.25. The Labute approximate surface area is 128 Å². The van der Waals surface area contributed by atoms with E-state index >= 15 is 0 Å². The van der Waals surface area contributed by atoms with E-state index < -0.39 is 0 Å². The van der Waals surface area contributed by atoms with Gasteiger partial charge < -0.3 is 4.74 Å². The van der Waals surface area contributed by atoms with Gasteiger partial charge in [-0.25, -0.2) is 0 Å². The highest BCUT2D eigenvalue weighted by Gasteiger charge is 2.71. The minimum atomic E-state index is 0.0366. The minimum absolute atomic E-state index is 0.0366. The number of hydrogen-bond acceptors (Lipinski definition) is 4. The number of esters is 1. The zero-order chi connectivity index (χ0) is 13.7. The Morgan fingerprint density at radius 3 is 2.50 bits per heavy atom. The maximum atomic E-state index is 12.0. The molecule has 0 radical (unpaired) electrons. The third-order valence-corrected chi connectivity index (χ3v) is 8.29. The SMILES string of the molecule is CC1OC(=O)[C@H]2[C@@H]1[C@@H]2C1(c2ccccc2)SCCCS1. The third kappa shape index (κ3) is 1.77. The molecule has 0 spiro atoms. The molecule has 2 saturated heterocycles. The third-order valence-electron chi connectivity index (χ3n) is 4.73. The Hall–Kier alpha value is -0.610. The van der Waals surface area contributed by atoms with Crippen molar-refractivity contribution in [3.63, 3.8) is 0 Å². The minimum Gasteiger partial charge on any atom is -0.462 e. The van der Waals surface area contributed by atoms with Crippen LogP contribution in [-0.4, -0.2) is 23.6 Å². The number of ether oxygens (including phenoxy) is 1. The second-order valence-corrected chi connectivity index (χ2v) is 8.80. The van der Waals surface area contributed by atoms with E-state index in [1.54, 1.807) is 0 Å². The van der Waals surface area contributed by atoms with Crippen LogP contribution in [0.15, 0.2) is 30.3 Å². The molecule has 1 saturated carbocycles. The van der Waals surface area contributed by atoms with Crippen molar-refractivity contribution in [2.75, 3.05) is 11.5 Å². The highest BCUT2D eigenvalue weighted by atomic mass is 32.2. The molecule has 4 atom stereocenters. The number of carbonyl (C=O) groups excluding carboxylic acids is 1. The zero-order valence-electron chi connectivity index (χ0n) is 11.5. The van der Waals surface area contributed by atoms with Crippen molar-refractivity contribution in [3.05, 3.63) is 35.9 Å². The quantitative estimate of drug-likeness (QED) is 0.781. The van der Waals surface area contributed by atoms with Gasteiger partial charge in [0.15, 0.2) is 0 Å². The number of hydrogen-bond donors (Lipinski definition) is 0. The largest absolute Gasteiger partial charge is 0.462 e. The summed E-state index contributed by atoms with van der Waals surface area (Å²) in [5.74, 6) is 3.46. The molecule has 20 heavy (non-hydrogen) atoms. The Balaban J connectivity index is 1.72. The molecule has 1 aromatic rings.